The quantitative estimate of drug-likeness (QED) is 0.0385. The first-order chi connectivity index (χ1) is 28.7. The van der Waals surface area contributed by atoms with Crippen LogP contribution in [0.5, 0.6) is 0 Å². The minimum Gasteiger partial charge on any atom is -0.392 e. The average molecular weight is 841 g/mol. The van der Waals surface area contributed by atoms with E-state index in [4.69, 9.17) is 5.73 Å². The SMILES string of the molecule is CCCCCCCCCCCCC(O)CN(CCN(CCN)CCN(CC(O)CC)CC(O)C(C)CCCCCCCCCC)CC(O)CCCCCCCCCCC. The van der Waals surface area contributed by atoms with Gasteiger partial charge in [0, 0.05) is 65.4 Å². The standard InChI is InChI=1S/C51H108N4O4/c1-6-10-13-16-19-22-24-27-30-33-36-50(58)45-54(44-49(57)35-32-29-26-23-20-17-14-11-7-2)41-39-53(38-37-52)40-42-55(43-48(56)9-4)46-51(59)47(5)34-31-28-25-21-18-15-12-8-3/h47-51,56-59H,6-46,52H2,1-5H3. The van der Waals surface area contributed by atoms with E-state index < -0.39 is 12.2 Å². The summed E-state index contributed by atoms with van der Waals surface area (Å²) in [7, 11) is 0. The van der Waals surface area contributed by atoms with Crippen molar-refractivity contribution in [2.45, 2.75) is 258 Å². The Bertz CT molecular complexity index is 825. The zero-order valence-corrected chi connectivity index (χ0v) is 40.6. The average Bonchev–Trinajstić information content (AvgIpc) is 3.22. The highest BCUT2D eigenvalue weighted by Crippen LogP contribution is 2.18. The van der Waals surface area contributed by atoms with Gasteiger partial charge in [-0.25, -0.2) is 0 Å². The molecule has 0 aromatic carbocycles. The number of unbranched alkanes of at least 4 members (excludes halogenated alkanes) is 24. The van der Waals surface area contributed by atoms with Gasteiger partial charge in [-0.3, -0.25) is 14.7 Å². The summed E-state index contributed by atoms with van der Waals surface area (Å²) in [5.41, 5.74) is 6.14. The molecule has 59 heavy (non-hydrogen) atoms. The van der Waals surface area contributed by atoms with E-state index in [0.29, 0.717) is 39.1 Å². The fourth-order valence-corrected chi connectivity index (χ4v) is 8.60. The maximum absolute atomic E-state index is 11.3. The van der Waals surface area contributed by atoms with Crippen LogP contribution in [0.15, 0.2) is 0 Å². The summed E-state index contributed by atoms with van der Waals surface area (Å²) in [4.78, 5) is 6.96. The van der Waals surface area contributed by atoms with E-state index in [1.807, 2.05) is 6.92 Å². The van der Waals surface area contributed by atoms with E-state index >= 15 is 0 Å². The minimum atomic E-state index is -0.411. The summed E-state index contributed by atoms with van der Waals surface area (Å²) in [6, 6.07) is 0. The van der Waals surface area contributed by atoms with Gasteiger partial charge in [-0.1, -0.05) is 208 Å². The first-order valence-electron chi connectivity index (χ1n) is 26.3. The number of hydrogen-bond donors (Lipinski definition) is 5. The molecule has 0 bridgehead atoms. The predicted molar refractivity (Wildman–Crippen MR) is 257 cm³/mol. The molecule has 0 amide bonds. The highest BCUT2D eigenvalue weighted by molar-refractivity contribution is 4.76. The van der Waals surface area contributed by atoms with Crippen molar-refractivity contribution in [2.75, 3.05) is 65.4 Å². The Hall–Kier alpha value is -0.320. The molecule has 0 aromatic heterocycles. The van der Waals surface area contributed by atoms with Crippen LogP contribution in [0.25, 0.3) is 0 Å². The zero-order chi connectivity index (χ0) is 43.6. The van der Waals surface area contributed by atoms with Gasteiger partial charge in [0.1, 0.15) is 0 Å². The Balaban J connectivity index is 5.16. The molecule has 0 heterocycles. The van der Waals surface area contributed by atoms with Crippen molar-refractivity contribution in [2.24, 2.45) is 11.7 Å². The molecule has 5 atom stereocenters. The number of nitrogens with zero attached hydrogens (tertiary/aromatic N) is 3. The maximum Gasteiger partial charge on any atom is 0.0692 e. The molecule has 0 saturated heterocycles. The lowest BCUT2D eigenvalue weighted by molar-refractivity contribution is 0.0346. The minimum absolute atomic E-state index is 0.235. The van der Waals surface area contributed by atoms with Crippen molar-refractivity contribution in [3.8, 4) is 0 Å². The third-order valence-electron chi connectivity index (χ3n) is 12.9. The van der Waals surface area contributed by atoms with Crippen molar-refractivity contribution in [1.82, 2.24) is 14.7 Å². The molecular weight excluding hydrogens is 733 g/mol. The molecule has 0 aromatic rings. The lowest BCUT2D eigenvalue weighted by Gasteiger charge is -2.33. The Kier molecular flexibility index (Phi) is 44.1. The van der Waals surface area contributed by atoms with Crippen molar-refractivity contribution in [3.63, 3.8) is 0 Å². The van der Waals surface area contributed by atoms with Gasteiger partial charge in [0.2, 0.25) is 0 Å². The van der Waals surface area contributed by atoms with Crippen LogP contribution in [-0.2, 0) is 0 Å². The van der Waals surface area contributed by atoms with Crippen LogP contribution < -0.4 is 5.73 Å². The largest absolute Gasteiger partial charge is 0.392 e. The van der Waals surface area contributed by atoms with Crippen LogP contribution in [0, 0.1) is 5.92 Å². The van der Waals surface area contributed by atoms with Crippen LogP contribution in [0.3, 0.4) is 0 Å². The van der Waals surface area contributed by atoms with E-state index in [1.165, 1.54) is 161 Å². The van der Waals surface area contributed by atoms with Crippen molar-refractivity contribution in [3.05, 3.63) is 0 Å². The molecule has 356 valence electrons. The Morgan fingerprint density at radius 1 is 0.356 bits per heavy atom. The Morgan fingerprint density at radius 3 is 1.02 bits per heavy atom. The summed E-state index contributed by atoms with van der Waals surface area (Å²) in [5.74, 6) is 0.235. The van der Waals surface area contributed by atoms with Crippen molar-refractivity contribution >= 4 is 0 Å². The molecule has 6 N–H and O–H groups in total. The molecule has 0 aliphatic rings. The molecular formula is C51H108N4O4. The lowest BCUT2D eigenvalue weighted by atomic mass is 9.96. The van der Waals surface area contributed by atoms with Crippen LogP contribution in [-0.4, -0.2) is 125 Å². The third-order valence-corrected chi connectivity index (χ3v) is 12.9. The fraction of sp³-hybridized carbons (Fsp3) is 1.00. The van der Waals surface area contributed by atoms with E-state index in [2.05, 4.69) is 42.4 Å². The van der Waals surface area contributed by atoms with E-state index in [-0.39, 0.29) is 18.1 Å². The Morgan fingerprint density at radius 2 is 0.661 bits per heavy atom. The van der Waals surface area contributed by atoms with Crippen LogP contribution >= 0.6 is 0 Å². The third kappa shape index (κ3) is 39.0. The lowest BCUT2D eigenvalue weighted by Crippen LogP contribution is -2.47. The van der Waals surface area contributed by atoms with Gasteiger partial charge in [0.15, 0.2) is 0 Å². The van der Waals surface area contributed by atoms with Gasteiger partial charge in [0.25, 0.3) is 0 Å². The van der Waals surface area contributed by atoms with E-state index in [1.54, 1.807) is 0 Å². The number of aliphatic hydroxyl groups is 4. The molecule has 0 aliphatic heterocycles. The first-order valence-corrected chi connectivity index (χ1v) is 26.3. The number of hydrogen-bond acceptors (Lipinski definition) is 8. The topological polar surface area (TPSA) is 117 Å². The predicted octanol–water partition coefficient (Wildman–Crippen LogP) is 11.1. The molecule has 0 radical (unpaired) electrons. The highest BCUT2D eigenvalue weighted by Gasteiger charge is 2.22. The maximum atomic E-state index is 11.3. The van der Waals surface area contributed by atoms with Crippen molar-refractivity contribution in [1.29, 1.82) is 0 Å². The van der Waals surface area contributed by atoms with Gasteiger partial charge in [-0.15, -0.1) is 0 Å². The number of aliphatic hydroxyl groups excluding tert-OH is 4. The monoisotopic (exact) mass is 841 g/mol. The first kappa shape index (κ1) is 58.7. The van der Waals surface area contributed by atoms with Gasteiger partial charge in [0.05, 0.1) is 24.4 Å². The molecule has 5 unspecified atom stereocenters. The van der Waals surface area contributed by atoms with Crippen LogP contribution in [0.2, 0.25) is 0 Å². The molecule has 0 spiro atoms. The van der Waals surface area contributed by atoms with Gasteiger partial charge in [-0.2, -0.15) is 0 Å². The normalized spacial score (nSPS) is 14.8. The van der Waals surface area contributed by atoms with E-state index in [9.17, 15) is 20.4 Å². The summed E-state index contributed by atoms with van der Waals surface area (Å²) < 4.78 is 0. The van der Waals surface area contributed by atoms with E-state index in [0.717, 1.165) is 64.8 Å². The summed E-state index contributed by atoms with van der Waals surface area (Å²) in [6.07, 6.45) is 36.7. The summed E-state index contributed by atoms with van der Waals surface area (Å²) >= 11 is 0. The van der Waals surface area contributed by atoms with Gasteiger partial charge in [-0.05, 0) is 31.6 Å². The second kappa shape index (κ2) is 44.3. The Labute approximate surface area is 369 Å². The van der Waals surface area contributed by atoms with Crippen molar-refractivity contribution < 1.29 is 20.4 Å². The molecule has 0 rings (SSSR count). The second-order valence-corrected chi connectivity index (χ2v) is 18.9. The van der Waals surface area contributed by atoms with Gasteiger partial charge < -0.3 is 26.2 Å². The fourth-order valence-electron chi connectivity index (χ4n) is 8.60. The molecule has 8 heteroatoms. The number of rotatable bonds is 48. The van der Waals surface area contributed by atoms with Crippen LogP contribution in [0.1, 0.15) is 234 Å². The van der Waals surface area contributed by atoms with Crippen LogP contribution in [0.4, 0.5) is 0 Å². The zero-order valence-electron chi connectivity index (χ0n) is 40.6. The smallest absolute Gasteiger partial charge is 0.0692 e. The van der Waals surface area contributed by atoms with Gasteiger partial charge >= 0.3 is 0 Å². The summed E-state index contributed by atoms with van der Waals surface area (Å²) in [6.45, 7) is 17.9. The highest BCUT2D eigenvalue weighted by atomic mass is 16.3. The molecule has 0 aliphatic carbocycles. The molecule has 0 fully saturated rings. The molecule has 0 saturated carbocycles. The molecule has 8 nitrogen and oxygen atoms in total. The number of nitrogens with two attached hydrogens (primary N) is 1. The second-order valence-electron chi connectivity index (χ2n) is 18.9. The summed E-state index contributed by atoms with van der Waals surface area (Å²) in [5, 5.41) is 44.3.